The maximum Gasteiger partial charge on any atom is 0.234 e. The number of ether oxygens (including phenoxy) is 1. The minimum absolute atomic E-state index is 0.109. The zero-order valence-corrected chi connectivity index (χ0v) is 18.1. The van der Waals surface area contributed by atoms with E-state index < -0.39 is 11.0 Å². The van der Waals surface area contributed by atoms with Gasteiger partial charge in [-0.2, -0.15) is 0 Å². The Kier molecular flexibility index (Phi) is 8.70. The van der Waals surface area contributed by atoms with Crippen molar-refractivity contribution in [2.24, 2.45) is 10.5 Å². The standard InChI is InChI=1S/C19H32N5O2P/c1-17(2,12-14-26-18(3,4)11-13-21-27)22-16(25)19(5)9-6-7-15(8-10-19)23-24-20/h6-10,21H,11-14,27H2,1-5H3,(H,22,25). The van der Waals surface area contributed by atoms with Crippen LogP contribution in [0.15, 0.2) is 41.2 Å². The summed E-state index contributed by atoms with van der Waals surface area (Å²) in [6.45, 7) is 11.4. The molecule has 1 aliphatic carbocycles. The number of azide groups is 1. The number of allylic oxidation sites excluding steroid dienone is 3. The Morgan fingerprint density at radius 3 is 2.67 bits per heavy atom. The summed E-state index contributed by atoms with van der Waals surface area (Å²) in [7, 11) is 2.49. The molecular formula is C19H32N5O2P. The van der Waals surface area contributed by atoms with Gasteiger partial charge in [0.25, 0.3) is 0 Å². The van der Waals surface area contributed by atoms with Crippen molar-refractivity contribution in [3.8, 4) is 0 Å². The van der Waals surface area contributed by atoms with Crippen LogP contribution in [0.25, 0.3) is 10.4 Å². The predicted octanol–water partition coefficient (Wildman–Crippen LogP) is 4.16. The van der Waals surface area contributed by atoms with Crippen LogP contribution in [0.3, 0.4) is 0 Å². The van der Waals surface area contributed by atoms with E-state index >= 15 is 0 Å². The summed E-state index contributed by atoms with van der Waals surface area (Å²) in [5.41, 5.74) is 7.58. The average molecular weight is 393 g/mol. The van der Waals surface area contributed by atoms with Gasteiger partial charge in [0, 0.05) is 29.3 Å². The smallest absolute Gasteiger partial charge is 0.234 e. The van der Waals surface area contributed by atoms with Crippen LogP contribution in [-0.4, -0.2) is 30.2 Å². The molecule has 0 fully saturated rings. The van der Waals surface area contributed by atoms with Crippen LogP contribution in [0.5, 0.6) is 0 Å². The number of nitrogens with one attached hydrogen (secondary N) is 2. The lowest BCUT2D eigenvalue weighted by molar-refractivity contribution is -0.128. The van der Waals surface area contributed by atoms with E-state index in [0.717, 1.165) is 13.0 Å². The fourth-order valence-corrected chi connectivity index (χ4v) is 2.66. The minimum atomic E-state index is -0.814. The van der Waals surface area contributed by atoms with E-state index in [2.05, 4.69) is 43.7 Å². The van der Waals surface area contributed by atoms with Crippen LogP contribution in [-0.2, 0) is 9.53 Å². The third-order valence-corrected chi connectivity index (χ3v) is 4.79. The minimum Gasteiger partial charge on any atom is -0.375 e. The van der Waals surface area contributed by atoms with E-state index in [-0.39, 0.29) is 11.5 Å². The van der Waals surface area contributed by atoms with Gasteiger partial charge in [-0.1, -0.05) is 44.9 Å². The molecule has 0 spiro atoms. The largest absolute Gasteiger partial charge is 0.375 e. The summed E-state index contributed by atoms with van der Waals surface area (Å²) in [5, 5.41) is 9.73. The molecule has 2 atom stereocenters. The summed E-state index contributed by atoms with van der Waals surface area (Å²) in [4.78, 5) is 15.6. The van der Waals surface area contributed by atoms with E-state index in [9.17, 15) is 4.79 Å². The van der Waals surface area contributed by atoms with Gasteiger partial charge in [0.2, 0.25) is 5.91 Å². The lowest BCUT2D eigenvalue weighted by Crippen LogP contribution is -2.49. The molecule has 0 radical (unpaired) electrons. The molecule has 0 aromatic heterocycles. The number of amides is 1. The molecule has 0 bridgehead atoms. The van der Waals surface area contributed by atoms with E-state index in [4.69, 9.17) is 10.3 Å². The highest BCUT2D eigenvalue weighted by molar-refractivity contribution is 7.13. The molecule has 0 saturated carbocycles. The molecule has 0 aliphatic heterocycles. The van der Waals surface area contributed by atoms with Gasteiger partial charge in [0.05, 0.1) is 11.0 Å². The van der Waals surface area contributed by atoms with Crippen LogP contribution >= 0.6 is 9.39 Å². The molecule has 8 heteroatoms. The van der Waals surface area contributed by atoms with Gasteiger partial charge in [-0.15, -0.1) is 0 Å². The van der Waals surface area contributed by atoms with Gasteiger partial charge in [-0.25, -0.2) is 0 Å². The van der Waals surface area contributed by atoms with Gasteiger partial charge in [-0.3, -0.25) is 4.79 Å². The van der Waals surface area contributed by atoms with Crippen molar-refractivity contribution in [2.75, 3.05) is 13.2 Å². The molecule has 0 aromatic rings. The summed E-state index contributed by atoms with van der Waals surface area (Å²) >= 11 is 0. The van der Waals surface area contributed by atoms with Gasteiger partial charge in [0.1, 0.15) is 0 Å². The molecule has 0 saturated heterocycles. The second kappa shape index (κ2) is 10.0. The number of hydrogen-bond acceptors (Lipinski definition) is 4. The average Bonchev–Trinajstić information content (AvgIpc) is 2.75. The predicted molar refractivity (Wildman–Crippen MR) is 113 cm³/mol. The molecule has 1 rings (SSSR count). The van der Waals surface area contributed by atoms with Crippen molar-refractivity contribution >= 4 is 15.3 Å². The lowest BCUT2D eigenvalue weighted by Gasteiger charge is -2.33. The quantitative estimate of drug-likeness (QED) is 0.252. The second-order valence-corrected chi connectivity index (χ2v) is 8.56. The van der Waals surface area contributed by atoms with Crippen molar-refractivity contribution in [3.05, 3.63) is 46.5 Å². The Bertz CT molecular complexity index is 663. The molecule has 0 aromatic carbocycles. The maximum atomic E-state index is 12.9. The topological polar surface area (TPSA) is 99.1 Å². The summed E-state index contributed by atoms with van der Waals surface area (Å²) in [6, 6.07) is 0. The normalized spacial score (nSPS) is 19.9. The first-order valence-corrected chi connectivity index (χ1v) is 9.65. The third kappa shape index (κ3) is 8.27. The van der Waals surface area contributed by atoms with Crippen LogP contribution in [0.2, 0.25) is 0 Å². The Hall–Kier alpha value is -1.65. The number of carbonyl (C=O) groups is 1. The van der Waals surface area contributed by atoms with Gasteiger partial charge < -0.3 is 15.1 Å². The first kappa shape index (κ1) is 23.4. The summed E-state index contributed by atoms with van der Waals surface area (Å²) in [6.07, 6.45) is 10.2. The SMILES string of the molecule is CC(C)(CCOC(C)(C)CCNP)NC(=O)C1(C)C=CC=C(N=[N+]=[N-])C=C1. The van der Waals surface area contributed by atoms with Crippen molar-refractivity contribution in [1.82, 2.24) is 10.4 Å². The van der Waals surface area contributed by atoms with Gasteiger partial charge >= 0.3 is 0 Å². The molecular weight excluding hydrogens is 361 g/mol. The zero-order chi connectivity index (χ0) is 20.6. The molecule has 2 unspecified atom stereocenters. The lowest BCUT2D eigenvalue weighted by atomic mass is 9.87. The molecule has 27 heavy (non-hydrogen) atoms. The van der Waals surface area contributed by atoms with Crippen molar-refractivity contribution in [1.29, 1.82) is 0 Å². The van der Waals surface area contributed by atoms with Crippen molar-refractivity contribution in [3.63, 3.8) is 0 Å². The maximum absolute atomic E-state index is 12.9. The molecule has 1 aliphatic rings. The number of nitrogens with zero attached hydrogens (tertiary/aromatic N) is 3. The first-order valence-electron chi connectivity index (χ1n) is 9.07. The van der Waals surface area contributed by atoms with Crippen LogP contribution in [0.1, 0.15) is 47.5 Å². The van der Waals surface area contributed by atoms with Crippen LogP contribution in [0.4, 0.5) is 0 Å². The van der Waals surface area contributed by atoms with Crippen molar-refractivity contribution < 1.29 is 9.53 Å². The highest BCUT2D eigenvalue weighted by Crippen LogP contribution is 2.26. The number of hydrogen-bond donors (Lipinski definition) is 2. The highest BCUT2D eigenvalue weighted by Gasteiger charge is 2.32. The first-order chi connectivity index (χ1) is 12.5. The Balaban J connectivity index is 2.64. The zero-order valence-electron chi connectivity index (χ0n) is 17.0. The van der Waals surface area contributed by atoms with E-state index in [1.54, 1.807) is 30.4 Å². The molecule has 1 amide bonds. The highest BCUT2D eigenvalue weighted by atomic mass is 31.0. The molecule has 2 N–H and O–H groups in total. The van der Waals surface area contributed by atoms with Crippen molar-refractivity contribution in [2.45, 2.75) is 58.6 Å². The Morgan fingerprint density at radius 2 is 2.04 bits per heavy atom. The van der Waals surface area contributed by atoms with E-state index in [0.29, 0.717) is 18.7 Å². The molecule has 7 nitrogen and oxygen atoms in total. The van der Waals surface area contributed by atoms with Crippen LogP contribution < -0.4 is 10.4 Å². The molecule has 150 valence electrons. The summed E-state index contributed by atoms with van der Waals surface area (Å²) < 4.78 is 6.00. The Labute approximate surface area is 164 Å². The van der Waals surface area contributed by atoms with Crippen LogP contribution in [0, 0.1) is 5.41 Å². The fraction of sp³-hybridized carbons (Fsp3) is 0.632. The summed E-state index contributed by atoms with van der Waals surface area (Å²) in [5.74, 6) is -0.109. The fourth-order valence-electron chi connectivity index (χ4n) is 2.52. The van der Waals surface area contributed by atoms with Gasteiger partial charge in [0.15, 0.2) is 0 Å². The third-order valence-electron chi connectivity index (χ3n) is 4.50. The van der Waals surface area contributed by atoms with E-state index in [1.165, 1.54) is 0 Å². The monoisotopic (exact) mass is 393 g/mol. The molecule has 0 heterocycles. The van der Waals surface area contributed by atoms with Gasteiger partial charge in [-0.05, 0) is 53.0 Å². The van der Waals surface area contributed by atoms with E-state index in [1.807, 2.05) is 20.8 Å². The number of rotatable bonds is 10. The Morgan fingerprint density at radius 1 is 1.33 bits per heavy atom. The second-order valence-electron chi connectivity index (χ2n) is 8.16. The number of carbonyl (C=O) groups excluding carboxylic acids is 1.